The normalized spacial score (nSPS) is 10.2. The highest BCUT2D eigenvalue weighted by molar-refractivity contribution is 9.10. The maximum Gasteiger partial charge on any atom is 0.257 e. The van der Waals surface area contributed by atoms with Gasteiger partial charge in [0.15, 0.2) is 0 Å². The number of carbonyl (C=O) groups is 1. The molecule has 6 heteroatoms. The Bertz CT molecular complexity index is 617. The molecule has 1 amide bonds. The van der Waals surface area contributed by atoms with Gasteiger partial charge in [0.25, 0.3) is 5.91 Å². The van der Waals surface area contributed by atoms with E-state index < -0.39 is 11.7 Å². The van der Waals surface area contributed by atoms with Gasteiger partial charge in [0.2, 0.25) is 5.88 Å². The lowest BCUT2D eigenvalue weighted by atomic mass is 10.2. The van der Waals surface area contributed by atoms with Crippen molar-refractivity contribution in [2.24, 2.45) is 0 Å². The van der Waals surface area contributed by atoms with Crippen molar-refractivity contribution in [3.05, 3.63) is 52.4 Å². The molecule has 1 aromatic carbocycles. The summed E-state index contributed by atoms with van der Waals surface area (Å²) in [5, 5.41) is 2.49. The Morgan fingerprint density at radius 3 is 2.80 bits per heavy atom. The molecular weight excluding hydrogens is 327 g/mol. The average molecular weight is 339 g/mol. The molecule has 1 aromatic heterocycles. The Morgan fingerprint density at radius 1 is 1.40 bits per heavy atom. The van der Waals surface area contributed by atoms with Gasteiger partial charge in [-0.3, -0.25) is 4.79 Å². The van der Waals surface area contributed by atoms with Crippen LogP contribution in [0.15, 0.2) is 41.0 Å². The van der Waals surface area contributed by atoms with Gasteiger partial charge < -0.3 is 10.1 Å². The van der Waals surface area contributed by atoms with Crippen molar-refractivity contribution >= 4 is 27.5 Å². The molecule has 104 valence electrons. The van der Waals surface area contributed by atoms with Crippen LogP contribution in [-0.2, 0) is 0 Å². The maximum atomic E-state index is 13.6. The van der Waals surface area contributed by atoms with E-state index in [9.17, 15) is 9.18 Å². The molecule has 0 aliphatic carbocycles. The van der Waals surface area contributed by atoms with E-state index in [2.05, 4.69) is 26.2 Å². The summed E-state index contributed by atoms with van der Waals surface area (Å²) in [4.78, 5) is 15.9. The van der Waals surface area contributed by atoms with Crippen LogP contribution in [0.4, 0.5) is 10.1 Å². The van der Waals surface area contributed by atoms with Crippen LogP contribution >= 0.6 is 15.9 Å². The number of ether oxygens (including phenoxy) is 1. The fraction of sp³-hybridized carbons (Fsp3) is 0.143. The number of benzene rings is 1. The molecule has 0 atom stereocenters. The van der Waals surface area contributed by atoms with Gasteiger partial charge in [-0.05, 0) is 31.2 Å². The second-order valence-electron chi connectivity index (χ2n) is 3.90. The highest BCUT2D eigenvalue weighted by Gasteiger charge is 2.10. The first kappa shape index (κ1) is 14.5. The summed E-state index contributed by atoms with van der Waals surface area (Å²) in [7, 11) is 0. The fourth-order valence-electron chi connectivity index (χ4n) is 1.53. The van der Waals surface area contributed by atoms with E-state index in [4.69, 9.17) is 4.74 Å². The predicted molar refractivity (Wildman–Crippen MR) is 77.5 cm³/mol. The number of carbonyl (C=O) groups excluding carboxylic acids is 1. The zero-order valence-electron chi connectivity index (χ0n) is 10.7. The fourth-order valence-corrected chi connectivity index (χ4v) is 1.87. The van der Waals surface area contributed by atoms with Crippen molar-refractivity contribution in [2.75, 3.05) is 11.9 Å². The predicted octanol–water partition coefficient (Wildman–Crippen LogP) is 3.63. The Morgan fingerprint density at radius 2 is 2.20 bits per heavy atom. The second kappa shape index (κ2) is 6.47. The first-order chi connectivity index (χ1) is 9.60. The molecule has 4 nitrogen and oxygen atoms in total. The molecule has 0 aliphatic heterocycles. The monoisotopic (exact) mass is 338 g/mol. The standard InChI is InChI=1S/C14H12BrFN2O2/c1-2-20-13-6-3-9(8-17-13)14(19)18-12-5-4-10(15)7-11(12)16/h3-8H,2H2,1H3,(H,18,19). The number of nitrogens with one attached hydrogen (secondary N) is 1. The van der Waals surface area contributed by atoms with Gasteiger partial charge in [0.05, 0.1) is 17.9 Å². The molecule has 2 rings (SSSR count). The number of aromatic nitrogens is 1. The number of anilines is 1. The molecule has 0 spiro atoms. The van der Waals surface area contributed by atoms with Crippen molar-refractivity contribution in [3.63, 3.8) is 0 Å². The molecule has 0 bridgehead atoms. The van der Waals surface area contributed by atoms with Crippen LogP contribution in [0.3, 0.4) is 0 Å². The lowest BCUT2D eigenvalue weighted by molar-refractivity contribution is 0.102. The average Bonchev–Trinajstić information content (AvgIpc) is 2.43. The quantitative estimate of drug-likeness (QED) is 0.925. The van der Waals surface area contributed by atoms with Gasteiger partial charge in [-0.2, -0.15) is 0 Å². The maximum absolute atomic E-state index is 13.6. The molecule has 0 radical (unpaired) electrons. The summed E-state index contributed by atoms with van der Waals surface area (Å²) in [6.07, 6.45) is 1.39. The third-order valence-corrected chi connectivity index (χ3v) is 2.96. The van der Waals surface area contributed by atoms with Gasteiger partial charge >= 0.3 is 0 Å². The van der Waals surface area contributed by atoms with Crippen LogP contribution in [0.25, 0.3) is 0 Å². The molecule has 20 heavy (non-hydrogen) atoms. The van der Waals surface area contributed by atoms with Gasteiger partial charge in [-0.25, -0.2) is 9.37 Å². The van der Waals surface area contributed by atoms with E-state index >= 15 is 0 Å². The van der Waals surface area contributed by atoms with E-state index in [-0.39, 0.29) is 5.69 Å². The number of amides is 1. The largest absolute Gasteiger partial charge is 0.478 e. The molecule has 0 fully saturated rings. The number of nitrogens with zero attached hydrogens (tertiary/aromatic N) is 1. The lowest BCUT2D eigenvalue weighted by Gasteiger charge is -2.07. The smallest absolute Gasteiger partial charge is 0.257 e. The first-order valence-corrected chi connectivity index (χ1v) is 6.74. The van der Waals surface area contributed by atoms with Crippen LogP contribution < -0.4 is 10.1 Å². The number of pyridine rings is 1. The van der Waals surface area contributed by atoms with Crippen LogP contribution in [0.2, 0.25) is 0 Å². The summed E-state index contributed by atoms with van der Waals surface area (Å²) in [6.45, 7) is 2.35. The van der Waals surface area contributed by atoms with Crippen molar-refractivity contribution in [1.29, 1.82) is 0 Å². The lowest BCUT2D eigenvalue weighted by Crippen LogP contribution is -2.13. The molecule has 1 N–H and O–H groups in total. The van der Waals surface area contributed by atoms with Crippen molar-refractivity contribution in [2.45, 2.75) is 6.92 Å². The summed E-state index contributed by atoms with van der Waals surface area (Å²) < 4.78 is 19.4. The van der Waals surface area contributed by atoms with E-state index in [1.165, 1.54) is 18.3 Å². The SMILES string of the molecule is CCOc1ccc(C(=O)Nc2ccc(Br)cc2F)cn1. The van der Waals surface area contributed by atoms with Crippen molar-refractivity contribution in [1.82, 2.24) is 4.98 Å². The van der Waals surface area contributed by atoms with Gasteiger partial charge in [-0.15, -0.1) is 0 Å². The first-order valence-electron chi connectivity index (χ1n) is 5.95. The third kappa shape index (κ3) is 3.54. The summed E-state index contributed by atoms with van der Waals surface area (Å²) in [5.41, 5.74) is 0.447. The van der Waals surface area contributed by atoms with E-state index in [0.717, 1.165) is 0 Å². The van der Waals surface area contributed by atoms with E-state index in [1.807, 2.05) is 6.92 Å². The van der Waals surface area contributed by atoms with Gasteiger partial charge in [0.1, 0.15) is 5.82 Å². The summed E-state index contributed by atoms with van der Waals surface area (Å²) >= 11 is 3.15. The molecule has 0 saturated heterocycles. The van der Waals surface area contributed by atoms with E-state index in [1.54, 1.807) is 18.2 Å². The zero-order valence-corrected chi connectivity index (χ0v) is 12.3. The Hall–Kier alpha value is -1.95. The number of hydrogen-bond donors (Lipinski definition) is 1. The molecule has 0 aliphatic rings. The summed E-state index contributed by atoms with van der Waals surface area (Å²) in [6, 6.07) is 7.58. The molecule has 0 saturated carbocycles. The minimum atomic E-state index is -0.508. The molecule has 1 heterocycles. The minimum absolute atomic E-state index is 0.118. The van der Waals surface area contributed by atoms with Crippen molar-refractivity contribution < 1.29 is 13.9 Å². The Kier molecular flexibility index (Phi) is 4.68. The van der Waals surface area contributed by atoms with Crippen LogP contribution in [0.5, 0.6) is 5.88 Å². The topological polar surface area (TPSA) is 51.2 Å². The Balaban J connectivity index is 2.11. The highest BCUT2D eigenvalue weighted by Crippen LogP contribution is 2.20. The molecule has 2 aromatic rings. The minimum Gasteiger partial charge on any atom is -0.478 e. The van der Waals surface area contributed by atoms with Crippen LogP contribution in [0.1, 0.15) is 17.3 Å². The molecular formula is C14H12BrFN2O2. The summed E-state index contributed by atoms with van der Waals surface area (Å²) in [5.74, 6) is -0.493. The van der Waals surface area contributed by atoms with Crippen LogP contribution in [0, 0.1) is 5.82 Å². The van der Waals surface area contributed by atoms with E-state index in [0.29, 0.717) is 22.5 Å². The number of halogens is 2. The number of rotatable bonds is 4. The van der Waals surface area contributed by atoms with Crippen LogP contribution in [-0.4, -0.2) is 17.5 Å². The van der Waals surface area contributed by atoms with Crippen molar-refractivity contribution in [3.8, 4) is 5.88 Å². The Labute approximate surface area is 124 Å². The zero-order chi connectivity index (χ0) is 14.5. The van der Waals surface area contributed by atoms with Gasteiger partial charge in [-0.1, -0.05) is 15.9 Å². The highest BCUT2D eigenvalue weighted by atomic mass is 79.9. The molecule has 0 unspecified atom stereocenters. The third-order valence-electron chi connectivity index (χ3n) is 2.47. The second-order valence-corrected chi connectivity index (χ2v) is 4.81. The van der Waals surface area contributed by atoms with Gasteiger partial charge in [0, 0.05) is 16.7 Å². The number of hydrogen-bond acceptors (Lipinski definition) is 3.